The van der Waals surface area contributed by atoms with Crippen molar-refractivity contribution >= 4 is 14.5 Å². The highest BCUT2D eigenvalue weighted by Crippen LogP contribution is 2.22. The van der Waals surface area contributed by atoms with Gasteiger partial charge in [-0.25, -0.2) is 0 Å². The number of hydrogen-bond acceptors (Lipinski definition) is 1. The Labute approximate surface area is 81.2 Å². The van der Waals surface area contributed by atoms with Crippen molar-refractivity contribution in [3.63, 3.8) is 0 Å². The molecule has 0 N–H and O–H groups in total. The Morgan fingerprint density at radius 1 is 1.25 bits per heavy atom. The lowest BCUT2D eigenvalue weighted by Crippen LogP contribution is -2.26. The van der Waals surface area contributed by atoms with E-state index in [1.807, 2.05) is 0 Å². The largest absolute Gasteiger partial charge is 0.501 e. The van der Waals surface area contributed by atoms with Crippen LogP contribution in [-0.4, -0.2) is 21.1 Å². The van der Waals surface area contributed by atoms with E-state index in [0.29, 0.717) is 0 Å². The summed E-state index contributed by atoms with van der Waals surface area (Å²) in [7, 11) is 0. The molecule has 0 spiro atoms. The maximum absolute atomic E-state index is 5.84. The van der Waals surface area contributed by atoms with E-state index < -0.39 is 14.5 Å². The molecule has 1 unspecified atom stereocenters. The van der Waals surface area contributed by atoms with Crippen LogP contribution in [0, 0.1) is 11.8 Å². The van der Waals surface area contributed by atoms with E-state index in [-0.39, 0.29) is 0 Å². The van der Waals surface area contributed by atoms with E-state index in [1.165, 1.54) is 23.4 Å². The van der Waals surface area contributed by atoms with Gasteiger partial charge in [-0.05, 0) is 12.3 Å². The first-order chi connectivity index (χ1) is 5.70. The van der Waals surface area contributed by atoms with Crippen molar-refractivity contribution in [3.8, 4) is 0 Å². The Morgan fingerprint density at radius 3 is 2.50 bits per heavy atom. The molecule has 1 aliphatic heterocycles. The van der Waals surface area contributed by atoms with Crippen molar-refractivity contribution in [1.29, 1.82) is 0 Å². The molecule has 1 saturated heterocycles. The molecule has 0 bridgehead atoms. The van der Waals surface area contributed by atoms with Crippen LogP contribution in [0.5, 0.6) is 0 Å². The summed E-state index contributed by atoms with van der Waals surface area (Å²) in [5, 5.41) is 2.83. The third kappa shape index (κ3) is 3.48. The van der Waals surface area contributed by atoms with E-state index in [0.717, 1.165) is 18.4 Å². The summed E-state index contributed by atoms with van der Waals surface area (Å²) < 4.78 is 5.84. The van der Waals surface area contributed by atoms with Gasteiger partial charge in [0.2, 0.25) is 0 Å². The van der Waals surface area contributed by atoms with Crippen LogP contribution in [-0.2, 0) is 3.79 Å². The van der Waals surface area contributed by atoms with Crippen molar-refractivity contribution in [2.24, 2.45) is 11.8 Å². The summed E-state index contributed by atoms with van der Waals surface area (Å²) in [5.74, 6) is 1.71. The molecule has 0 amide bonds. The molecule has 1 heterocycles. The molecule has 0 aromatic carbocycles. The Balaban J connectivity index is 2.20. The van der Waals surface area contributed by atoms with Gasteiger partial charge in [0.1, 0.15) is 0 Å². The predicted octanol–water partition coefficient (Wildman–Crippen LogP) is 3.08. The van der Waals surface area contributed by atoms with Gasteiger partial charge >= 0.3 is 14.5 Å². The fraction of sp³-hybridized carbons (Fsp3) is 1.00. The number of hydrogen-bond donors (Lipinski definition) is 0. The first-order valence-corrected chi connectivity index (χ1v) is 7.42. The lowest BCUT2D eigenvalue weighted by Gasteiger charge is -2.23. The molecule has 0 aromatic heterocycles. The lowest BCUT2D eigenvalue weighted by molar-refractivity contribution is 0.278. The molecule has 2 heteroatoms. The van der Waals surface area contributed by atoms with Crippen molar-refractivity contribution in [3.05, 3.63) is 0 Å². The third-order valence-electron chi connectivity index (χ3n) is 3.05. The summed E-state index contributed by atoms with van der Waals surface area (Å²) in [5.41, 5.74) is 0. The second-order valence-electron chi connectivity index (χ2n) is 4.45. The van der Waals surface area contributed by atoms with Gasteiger partial charge in [-0.15, -0.1) is 0 Å². The molecule has 1 nitrogen and oxygen atoms in total. The minimum absolute atomic E-state index is 0.740. The van der Waals surface area contributed by atoms with Crippen LogP contribution >= 0.6 is 0 Å². The molecule has 0 aromatic rings. The minimum Gasteiger partial charge on any atom is -0.501 e. The van der Waals surface area contributed by atoms with Crippen LogP contribution in [0.2, 0.25) is 10.6 Å². The fourth-order valence-corrected chi connectivity index (χ4v) is 4.84. The highest BCUT2D eigenvalue weighted by molar-refractivity contribution is 6.52. The van der Waals surface area contributed by atoms with Crippen LogP contribution in [0.1, 0.15) is 33.6 Å². The predicted molar refractivity (Wildman–Crippen MR) is 54.6 cm³/mol. The maximum atomic E-state index is 5.84. The van der Waals surface area contributed by atoms with Crippen molar-refractivity contribution < 1.29 is 3.79 Å². The van der Waals surface area contributed by atoms with E-state index >= 15 is 0 Å². The molecule has 0 saturated carbocycles. The Bertz CT molecular complexity index is 119. The quantitative estimate of drug-likeness (QED) is 0.612. The summed E-state index contributed by atoms with van der Waals surface area (Å²) in [4.78, 5) is 0. The summed E-state index contributed by atoms with van der Waals surface area (Å²) in [6, 6.07) is 0. The standard InChI is InChI=1S/C6H13.C4H8O.Al/c1-5(2)6(3)4;1-2-3-4-5;/h5-6H,1H2,2-4H3;1-4H2;/q;-1;+1. The molecule has 0 radical (unpaired) electrons. The van der Waals surface area contributed by atoms with Crippen LogP contribution in [0.3, 0.4) is 0 Å². The van der Waals surface area contributed by atoms with Crippen LogP contribution < -0.4 is 0 Å². The van der Waals surface area contributed by atoms with Gasteiger partial charge in [0, 0.05) is 6.61 Å². The van der Waals surface area contributed by atoms with Gasteiger partial charge in [-0.2, -0.15) is 0 Å². The maximum Gasteiger partial charge on any atom is 0.461 e. The summed E-state index contributed by atoms with van der Waals surface area (Å²) in [6.45, 7) is 8.07. The Morgan fingerprint density at radius 2 is 2.00 bits per heavy atom. The normalized spacial score (nSPS) is 21.5. The van der Waals surface area contributed by atoms with Gasteiger partial charge in [-0.1, -0.05) is 43.7 Å². The van der Waals surface area contributed by atoms with E-state index in [9.17, 15) is 0 Å². The molecule has 1 rings (SSSR count). The van der Waals surface area contributed by atoms with E-state index in [2.05, 4.69) is 20.8 Å². The first-order valence-electron chi connectivity index (χ1n) is 5.31. The zero-order valence-corrected chi connectivity index (χ0v) is 9.83. The molecule has 1 aliphatic rings. The zero-order valence-electron chi connectivity index (χ0n) is 8.68. The van der Waals surface area contributed by atoms with E-state index in [4.69, 9.17) is 3.79 Å². The Hall–Kier alpha value is 0.492. The highest BCUT2D eigenvalue weighted by Gasteiger charge is 2.26. The van der Waals surface area contributed by atoms with Crippen LogP contribution in [0.25, 0.3) is 0 Å². The molecule has 0 aliphatic carbocycles. The van der Waals surface area contributed by atoms with Crippen LogP contribution in [0.15, 0.2) is 0 Å². The van der Waals surface area contributed by atoms with Gasteiger partial charge in [-0.3, -0.25) is 0 Å². The van der Waals surface area contributed by atoms with Gasteiger partial charge < -0.3 is 3.79 Å². The molecular weight excluding hydrogens is 163 g/mol. The lowest BCUT2D eigenvalue weighted by atomic mass is 10.0. The average Bonchev–Trinajstić information content (AvgIpc) is 2.06. The minimum atomic E-state index is -0.740. The van der Waals surface area contributed by atoms with Gasteiger partial charge in [0.05, 0.1) is 0 Å². The third-order valence-corrected chi connectivity index (χ3v) is 6.08. The van der Waals surface area contributed by atoms with E-state index in [1.54, 1.807) is 0 Å². The monoisotopic (exact) mass is 184 g/mol. The van der Waals surface area contributed by atoms with Crippen LogP contribution in [0.4, 0.5) is 0 Å². The second-order valence-corrected chi connectivity index (χ2v) is 7.07. The topological polar surface area (TPSA) is 9.23 Å². The molecular formula is C10H21AlO. The van der Waals surface area contributed by atoms with Crippen molar-refractivity contribution in [1.82, 2.24) is 0 Å². The average molecular weight is 184 g/mol. The van der Waals surface area contributed by atoms with Gasteiger partial charge in [0.15, 0.2) is 0 Å². The summed E-state index contributed by atoms with van der Waals surface area (Å²) in [6.07, 6.45) is 2.74. The fourth-order valence-electron chi connectivity index (χ4n) is 1.68. The zero-order chi connectivity index (χ0) is 8.97. The van der Waals surface area contributed by atoms with Gasteiger partial charge in [0.25, 0.3) is 0 Å². The molecule has 12 heavy (non-hydrogen) atoms. The molecule has 70 valence electrons. The Kier molecular flexibility index (Phi) is 4.64. The smallest absolute Gasteiger partial charge is 0.461 e. The molecule has 1 fully saturated rings. The second kappa shape index (κ2) is 5.27. The number of rotatable bonds is 3. The van der Waals surface area contributed by atoms with Crippen molar-refractivity contribution in [2.45, 2.75) is 44.2 Å². The SMILES string of the molecule is CC(C)C(C)[CH2][Al]1[CH2]CCC[O]1. The first kappa shape index (κ1) is 10.6. The highest BCUT2D eigenvalue weighted by atomic mass is 27.2. The summed E-state index contributed by atoms with van der Waals surface area (Å²) >= 11 is -0.740. The van der Waals surface area contributed by atoms with Crippen molar-refractivity contribution in [2.75, 3.05) is 6.61 Å². The molecule has 1 atom stereocenters.